The van der Waals surface area contributed by atoms with E-state index in [4.69, 9.17) is 25.2 Å². The molecule has 0 heterocycles. The van der Waals surface area contributed by atoms with Crippen LogP contribution in [0.2, 0.25) is 0 Å². The number of hydrogen-bond acceptors (Lipinski definition) is 7. The Morgan fingerprint density at radius 1 is 0.923 bits per heavy atom. The molecular weight excluding hydrogens is 502 g/mol. The molecule has 0 bridgehead atoms. The van der Waals surface area contributed by atoms with Crippen molar-refractivity contribution in [1.82, 2.24) is 4.90 Å². The Balaban J connectivity index is 1.94. The third-order valence-corrected chi connectivity index (χ3v) is 5.92. The van der Waals surface area contributed by atoms with E-state index in [2.05, 4.69) is 5.16 Å². The summed E-state index contributed by atoms with van der Waals surface area (Å²) < 4.78 is 17.4. The number of oxime groups is 1. The monoisotopic (exact) mass is 543 g/mol. The number of amidine groups is 1. The van der Waals surface area contributed by atoms with E-state index in [9.17, 15) is 14.7 Å². The maximum Gasteiger partial charge on any atom is 0.347 e. The molecule has 1 amide bonds. The molecule has 0 saturated heterocycles. The number of benzene rings is 2. The Morgan fingerprint density at radius 3 is 2.03 bits per heavy atom. The molecule has 0 spiro atoms. The Kier molecular flexibility index (Phi) is 12.4. The number of amides is 1. The summed E-state index contributed by atoms with van der Waals surface area (Å²) in [6.07, 6.45) is 4.11. The number of carboxylic acid groups (broad SMARTS) is 1. The third kappa shape index (κ3) is 9.70. The van der Waals surface area contributed by atoms with Crippen LogP contribution < -0.4 is 19.9 Å². The highest BCUT2D eigenvalue weighted by Gasteiger charge is 2.32. The first kappa shape index (κ1) is 31.3. The first-order valence-corrected chi connectivity index (χ1v) is 13.3. The minimum absolute atomic E-state index is 0.0435. The number of hydrogen-bond donors (Lipinski definition) is 3. The minimum Gasteiger partial charge on any atom is -0.494 e. The quantitative estimate of drug-likeness (QED) is 0.0839. The number of nitrogens with two attached hydrogens (primary N) is 1. The van der Waals surface area contributed by atoms with Crippen molar-refractivity contribution in [3.05, 3.63) is 53.6 Å². The van der Waals surface area contributed by atoms with Crippen LogP contribution in [0.15, 0.2) is 47.6 Å². The molecule has 0 aliphatic heterocycles. The van der Waals surface area contributed by atoms with E-state index in [1.54, 1.807) is 47.4 Å². The zero-order chi connectivity index (χ0) is 28.8. The van der Waals surface area contributed by atoms with Gasteiger partial charge in [0.05, 0.1) is 18.8 Å². The van der Waals surface area contributed by atoms with Crippen LogP contribution in [0.3, 0.4) is 0 Å². The van der Waals surface area contributed by atoms with Crippen molar-refractivity contribution in [3.63, 3.8) is 0 Å². The Morgan fingerprint density at radius 2 is 1.49 bits per heavy atom. The Bertz CT molecular complexity index is 1090. The van der Waals surface area contributed by atoms with Gasteiger partial charge in [0.25, 0.3) is 5.91 Å². The van der Waals surface area contributed by atoms with Crippen LogP contribution in [0, 0.1) is 0 Å². The van der Waals surface area contributed by atoms with Gasteiger partial charge in [0.2, 0.25) is 0 Å². The fourth-order valence-corrected chi connectivity index (χ4v) is 3.74. The van der Waals surface area contributed by atoms with Crippen LogP contribution >= 0.6 is 0 Å². The number of unbranched alkanes of at least 4 members (excludes halogenated alkanes) is 2. The lowest BCUT2D eigenvalue weighted by atomic mass is 10.1. The Hall–Kier alpha value is -3.95. The zero-order valence-electron chi connectivity index (χ0n) is 23.3. The lowest BCUT2D eigenvalue weighted by Gasteiger charge is -2.26. The minimum atomic E-state index is -1.52. The lowest BCUT2D eigenvalue weighted by Crippen LogP contribution is -2.39. The van der Waals surface area contributed by atoms with Gasteiger partial charge in [0.15, 0.2) is 11.4 Å². The maximum absolute atomic E-state index is 13.3. The molecule has 0 aliphatic carbocycles. The summed E-state index contributed by atoms with van der Waals surface area (Å²) in [7, 11) is 0. The number of carbonyl (C=O) groups excluding carboxylic acids is 1. The van der Waals surface area contributed by atoms with E-state index >= 15 is 0 Å². The van der Waals surface area contributed by atoms with Gasteiger partial charge in [0.1, 0.15) is 17.2 Å². The Labute approximate surface area is 230 Å². The average Bonchev–Trinajstić information content (AvgIpc) is 2.91. The third-order valence-electron chi connectivity index (χ3n) is 5.92. The van der Waals surface area contributed by atoms with Crippen LogP contribution in [0.1, 0.15) is 75.7 Å². The van der Waals surface area contributed by atoms with E-state index in [-0.39, 0.29) is 17.5 Å². The largest absolute Gasteiger partial charge is 0.494 e. The molecule has 10 heteroatoms. The normalized spacial score (nSPS) is 11.6. The highest BCUT2D eigenvalue weighted by Crippen LogP contribution is 2.30. The highest BCUT2D eigenvalue weighted by atomic mass is 16.5. The van der Waals surface area contributed by atoms with Gasteiger partial charge in [-0.1, -0.05) is 19.0 Å². The average molecular weight is 544 g/mol. The molecule has 4 N–H and O–H groups in total. The van der Waals surface area contributed by atoms with E-state index in [1.807, 2.05) is 13.8 Å². The fraction of sp³-hybridized carbons (Fsp3) is 0.483. The fourth-order valence-electron chi connectivity index (χ4n) is 3.74. The van der Waals surface area contributed by atoms with Crippen molar-refractivity contribution < 1.29 is 34.1 Å². The van der Waals surface area contributed by atoms with E-state index in [0.717, 1.165) is 32.1 Å². The smallest absolute Gasteiger partial charge is 0.347 e. The summed E-state index contributed by atoms with van der Waals surface area (Å²) >= 11 is 0. The van der Waals surface area contributed by atoms with Crippen LogP contribution in [0.4, 0.5) is 0 Å². The second kappa shape index (κ2) is 15.5. The van der Waals surface area contributed by atoms with Gasteiger partial charge >= 0.3 is 5.97 Å². The first-order valence-electron chi connectivity index (χ1n) is 13.3. The highest BCUT2D eigenvalue weighted by molar-refractivity contribution is 5.97. The summed E-state index contributed by atoms with van der Waals surface area (Å²) in [5.41, 5.74) is 4.96. The van der Waals surface area contributed by atoms with Gasteiger partial charge in [-0.15, -0.1) is 0 Å². The summed E-state index contributed by atoms with van der Waals surface area (Å²) in [6.45, 7) is 9.10. The second-order valence-corrected chi connectivity index (χ2v) is 9.63. The summed E-state index contributed by atoms with van der Waals surface area (Å²) in [6, 6.07) is 11.9. The van der Waals surface area contributed by atoms with Crippen molar-refractivity contribution >= 4 is 17.7 Å². The molecule has 0 aromatic heterocycles. The number of nitrogens with zero attached hydrogens (tertiary/aromatic N) is 2. The van der Waals surface area contributed by atoms with Crippen LogP contribution in [-0.2, 0) is 4.79 Å². The molecule has 0 aliphatic rings. The molecular formula is C29H41N3O7. The van der Waals surface area contributed by atoms with Gasteiger partial charge in [-0.2, -0.15) is 0 Å². The van der Waals surface area contributed by atoms with Crippen molar-refractivity contribution in [2.45, 2.75) is 65.4 Å². The number of aliphatic carboxylic acids is 1. The molecule has 0 unspecified atom stereocenters. The zero-order valence-corrected chi connectivity index (χ0v) is 23.3. The molecule has 0 saturated carbocycles. The van der Waals surface area contributed by atoms with Gasteiger partial charge in [-0.25, -0.2) is 4.79 Å². The number of carbonyl (C=O) groups is 2. The molecule has 2 rings (SSSR count). The summed E-state index contributed by atoms with van der Waals surface area (Å²) in [4.78, 5) is 26.7. The molecule has 2 aromatic carbocycles. The van der Waals surface area contributed by atoms with Crippen molar-refractivity contribution in [2.75, 3.05) is 26.3 Å². The number of carboxylic acids is 1. The van der Waals surface area contributed by atoms with Crippen LogP contribution in [0.5, 0.6) is 17.2 Å². The molecule has 214 valence electrons. The van der Waals surface area contributed by atoms with Gasteiger partial charge in [0, 0.05) is 24.7 Å². The van der Waals surface area contributed by atoms with Crippen LogP contribution in [0.25, 0.3) is 0 Å². The topological polar surface area (TPSA) is 144 Å². The van der Waals surface area contributed by atoms with Crippen molar-refractivity contribution in [2.24, 2.45) is 10.9 Å². The second-order valence-electron chi connectivity index (χ2n) is 9.63. The number of ether oxygens (including phenoxy) is 3. The van der Waals surface area contributed by atoms with Gasteiger partial charge in [-0.05, 0) is 82.3 Å². The molecule has 2 aromatic rings. The van der Waals surface area contributed by atoms with Gasteiger partial charge < -0.3 is 35.2 Å². The predicted molar refractivity (Wildman–Crippen MR) is 149 cm³/mol. The molecule has 10 nitrogen and oxygen atoms in total. The number of rotatable bonds is 17. The first-order chi connectivity index (χ1) is 18.6. The van der Waals surface area contributed by atoms with E-state index in [0.29, 0.717) is 48.9 Å². The van der Waals surface area contributed by atoms with Crippen molar-refractivity contribution in [1.29, 1.82) is 0 Å². The summed E-state index contributed by atoms with van der Waals surface area (Å²) in [5.74, 6) is 0.107. The lowest BCUT2D eigenvalue weighted by molar-refractivity contribution is -0.152. The molecule has 0 radical (unpaired) electrons. The van der Waals surface area contributed by atoms with Crippen LogP contribution in [-0.4, -0.2) is 64.8 Å². The van der Waals surface area contributed by atoms with E-state index < -0.39 is 11.6 Å². The molecule has 0 fully saturated rings. The predicted octanol–water partition coefficient (Wildman–Crippen LogP) is 4.91. The summed E-state index contributed by atoms with van der Waals surface area (Å²) in [5, 5.41) is 21.2. The van der Waals surface area contributed by atoms with Gasteiger partial charge in [-0.3, -0.25) is 4.79 Å². The van der Waals surface area contributed by atoms with Crippen molar-refractivity contribution in [3.8, 4) is 17.2 Å². The SMILES string of the molecule is CCCN(CCC)C(=O)c1ccc(OCCCCCOc2ccc(C(N)=NO)cc2)cc1OC(C)(C)C(=O)O. The molecule has 39 heavy (non-hydrogen) atoms. The van der Waals surface area contributed by atoms with E-state index in [1.165, 1.54) is 13.8 Å². The standard InChI is InChI=1S/C29H41N3O7/c1-5-16-32(17-6-2)27(33)24-15-14-23(20-25(24)39-29(3,4)28(34)35)38-19-9-7-8-18-37-22-12-10-21(11-13-22)26(30)31-36/h10-15,20,36H,5-9,16-19H2,1-4H3,(H2,30,31)(H,34,35). The molecule has 0 atom stereocenters. The maximum atomic E-state index is 13.3.